The van der Waals surface area contributed by atoms with Gasteiger partial charge < -0.3 is 5.11 Å². The number of nitrogens with one attached hydrogen (secondary N) is 1. The first-order valence-electron chi connectivity index (χ1n) is 2.96. The van der Waals surface area contributed by atoms with Crippen LogP contribution in [0.5, 0.6) is 0 Å². The maximum absolute atomic E-state index is 9.05. The summed E-state index contributed by atoms with van der Waals surface area (Å²) in [6.07, 6.45) is 2.13. The largest absolute Gasteiger partial charge is 0.391 e. The van der Waals surface area contributed by atoms with Gasteiger partial charge in [0.25, 0.3) is 0 Å². The zero-order valence-electron chi connectivity index (χ0n) is 4.80. The average molecular weight is 116 g/mol. The monoisotopic (exact) mass is 116 g/mol. The molecule has 0 aromatic heterocycles. The van der Waals surface area contributed by atoms with Crippen LogP contribution in [0.15, 0.2) is 0 Å². The molecule has 8 heavy (non-hydrogen) atoms. The smallest absolute Gasteiger partial charge is 0.0706 e. The minimum atomic E-state index is -0.208. The van der Waals surface area contributed by atoms with Crippen LogP contribution >= 0.6 is 0 Å². The number of hydrogen-bond acceptors (Lipinski definition) is 3. The van der Waals surface area contributed by atoms with Crippen molar-refractivity contribution in [1.82, 2.24) is 5.43 Å². The van der Waals surface area contributed by atoms with E-state index in [-0.39, 0.29) is 6.10 Å². The van der Waals surface area contributed by atoms with Crippen molar-refractivity contribution >= 4 is 0 Å². The number of aliphatic hydroxyl groups excluding tert-OH is 1. The number of rotatable bonds is 3. The van der Waals surface area contributed by atoms with Crippen molar-refractivity contribution in [3.05, 3.63) is 0 Å². The summed E-state index contributed by atoms with van der Waals surface area (Å²) in [6, 6.07) is 0. The van der Waals surface area contributed by atoms with E-state index in [1.807, 2.05) is 0 Å². The first-order chi connectivity index (χ1) is 3.84. The number of nitrogens with two attached hydrogens (primary N) is 1. The molecule has 1 unspecified atom stereocenters. The predicted octanol–water partition coefficient (Wildman–Crippen LogP) is -0.779. The summed E-state index contributed by atoms with van der Waals surface area (Å²) in [4.78, 5) is 0. The van der Waals surface area contributed by atoms with Crippen LogP contribution in [0, 0.1) is 5.92 Å². The van der Waals surface area contributed by atoms with E-state index in [4.69, 9.17) is 10.9 Å². The van der Waals surface area contributed by atoms with Crippen LogP contribution in [-0.4, -0.2) is 17.8 Å². The van der Waals surface area contributed by atoms with Gasteiger partial charge in [-0.15, -0.1) is 0 Å². The van der Waals surface area contributed by atoms with Crippen LogP contribution in [0.3, 0.4) is 0 Å². The zero-order chi connectivity index (χ0) is 5.98. The molecular weight excluding hydrogens is 104 g/mol. The van der Waals surface area contributed by atoms with Gasteiger partial charge in [0.15, 0.2) is 0 Å². The fourth-order valence-electron chi connectivity index (χ4n) is 0.768. The molecular formula is C5H12N2O. The molecule has 0 bridgehead atoms. The maximum atomic E-state index is 9.05. The average Bonchev–Trinajstić information content (AvgIpc) is 2.45. The summed E-state index contributed by atoms with van der Waals surface area (Å²) in [5, 5.41) is 9.05. The van der Waals surface area contributed by atoms with Gasteiger partial charge in [0.05, 0.1) is 6.10 Å². The summed E-state index contributed by atoms with van der Waals surface area (Å²) < 4.78 is 0. The minimum absolute atomic E-state index is 0.208. The van der Waals surface area contributed by atoms with Crippen molar-refractivity contribution in [3.8, 4) is 0 Å². The molecule has 1 fully saturated rings. The van der Waals surface area contributed by atoms with Crippen molar-refractivity contribution in [2.24, 2.45) is 11.8 Å². The highest BCUT2D eigenvalue weighted by Gasteiger charge is 2.28. The zero-order valence-corrected chi connectivity index (χ0v) is 4.80. The molecule has 0 aliphatic heterocycles. The maximum Gasteiger partial charge on any atom is 0.0706 e. The van der Waals surface area contributed by atoms with E-state index in [0.717, 1.165) is 0 Å². The van der Waals surface area contributed by atoms with Crippen molar-refractivity contribution < 1.29 is 5.11 Å². The topological polar surface area (TPSA) is 58.3 Å². The van der Waals surface area contributed by atoms with Crippen molar-refractivity contribution in [1.29, 1.82) is 0 Å². The molecule has 48 valence electrons. The number of hydrogen-bond donors (Lipinski definition) is 3. The third kappa shape index (κ3) is 1.43. The van der Waals surface area contributed by atoms with E-state index in [9.17, 15) is 0 Å². The molecule has 1 rings (SSSR count). The van der Waals surface area contributed by atoms with Gasteiger partial charge in [0, 0.05) is 6.54 Å². The predicted molar refractivity (Wildman–Crippen MR) is 30.9 cm³/mol. The van der Waals surface area contributed by atoms with Gasteiger partial charge in [-0.05, 0) is 18.8 Å². The van der Waals surface area contributed by atoms with Crippen LogP contribution in [0.1, 0.15) is 12.8 Å². The van der Waals surface area contributed by atoms with Crippen LogP contribution in [0.25, 0.3) is 0 Å². The lowest BCUT2D eigenvalue weighted by Crippen LogP contribution is -2.32. The quantitative estimate of drug-likeness (QED) is 0.335. The van der Waals surface area contributed by atoms with E-state index in [0.29, 0.717) is 12.5 Å². The molecule has 0 aromatic rings. The fraction of sp³-hybridized carbons (Fsp3) is 1.00. The molecule has 0 aromatic carbocycles. The Morgan fingerprint density at radius 2 is 2.38 bits per heavy atom. The Labute approximate surface area is 48.8 Å². The van der Waals surface area contributed by atoms with Gasteiger partial charge >= 0.3 is 0 Å². The highest BCUT2D eigenvalue weighted by atomic mass is 16.3. The van der Waals surface area contributed by atoms with Crippen LogP contribution in [0.2, 0.25) is 0 Å². The van der Waals surface area contributed by atoms with E-state index in [1.54, 1.807) is 0 Å². The lowest BCUT2D eigenvalue weighted by molar-refractivity contribution is 0.149. The standard InChI is InChI=1S/C5H12N2O/c6-7-3-5(8)4-1-2-4/h4-5,7-8H,1-3,6H2. The second-order valence-electron chi connectivity index (χ2n) is 2.31. The molecule has 3 nitrogen and oxygen atoms in total. The van der Waals surface area contributed by atoms with Crippen molar-refractivity contribution in [3.63, 3.8) is 0 Å². The lowest BCUT2D eigenvalue weighted by atomic mass is 10.2. The van der Waals surface area contributed by atoms with Crippen LogP contribution < -0.4 is 11.3 Å². The summed E-state index contributed by atoms with van der Waals surface area (Å²) >= 11 is 0. The number of aliphatic hydroxyl groups is 1. The van der Waals surface area contributed by atoms with Crippen molar-refractivity contribution in [2.75, 3.05) is 6.54 Å². The van der Waals surface area contributed by atoms with E-state index in [1.165, 1.54) is 12.8 Å². The highest BCUT2D eigenvalue weighted by Crippen LogP contribution is 2.31. The molecule has 3 heteroatoms. The number of hydrazine groups is 1. The van der Waals surface area contributed by atoms with Crippen LogP contribution in [-0.2, 0) is 0 Å². The minimum Gasteiger partial charge on any atom is -0.391 e. The molecule has 4 N–H and O–H groups in total. The Morgan fingerprint density at radius 1 is 1.75 bits per heavy atom. The Morgan fingerprint density at radius 3 is 2.75 bits per heavy atom. The van der Waals surface area contributed by atoms with Gasteiger partial charge in [0.2, 0.25) is 0 Å². The summed E-state index contributed by atoms with van der Waals surface area (Å²) in [6.45, 7) is 0.532. The fourth-order valence-corrected chi connectivity index (χ4v) is 0.768. The van der Waals surface area contributed by atoms with E-state index < -0.39 is 0 Å². The Hall–Kier alpha value is -0.120. The van der Waals surface area contributed by atoms with E-state index >= 15 is 0 Å². The first kappa shape index (κ1) is 6.01. The van der Waals surface area contributed by atoms with Gasteiger partial charge in [0.1, 0.15) is 0 Å². The molecule has 0 radical (unpaired) electrons. The van der Waals surface area contributed by atoms with Crippen molar-refractivity contribution in [2.45, 2.75) is 18.9 Å². The Kier molecular flexibility index (Phi) is 1.83. The molecule has 1 atom stereocenters. The Bertz CT molecular complexity index is 72.8. The normalized spacial score (nSPS) is 23.2. The highest BCUT2D eigenvalue weighted by molar-refractivity contribution is 4.81. The third-order valence-electron chi connectivity index (χ3n) is 1.49. The first-order valence-corrected chi connectivity index (χ1v) is 2.96. The molecule has 1 saturated carbocycles. The molecule has 0 saturated heterocycles. The molecule has 0 amide bonds. The van der Waals surface area contributed by atoms with Gasteiger partial charge in [-0.3, -0.25) is 11.3 Å². The second-order valence-corrected chi connectivity index (χ2v) is 2.31. The Balaban J connectivity index is 2.03. The summed E-state index contributed by atoms with van der Waals surface area (Å²) in [5.74, 6) is 5.52. The summed E-state index contributed by atoms with van der Waals surface area (Å²) in [7, 11) is 0. The third-order valence-corrected chi connectivity index (χ3v) is 1.49. The van der Waals surface area contributed by atoms with Crippen LogP contribution in [0.4, 0.5) is 0 Å². The van der Waals surface area contributed by atoms with Gasteiger partial charge in [-0.1, -0.05) is 0 Å². The molecule has 0 heterocycles. The molecule has 0 spiro atoms. The van der Waals surface area contributed by atoms with Gasteiger partial charge in [-0.2, -0.15) is 0 Å². The lowest BCUT2D eigenvalue weighted by Gasteiger charge is -2.05. The van der Waals surface area contributed by atoms with E-state index in [2.05, 4.69) is 5.43 Å². The summed E-state index contributed by atoms with van der Waals surface area (Å²) in [5.41, 5.74) is 2.44. The molecule has 1 aliphatic carbocycles. The van der Waals surface area contributed by atoms with Gasteiger partial charge in [-0.25, -0.2) is 0 Å². The second kappa shape index (κ2) is 2.44. The molecule has 1 aliphatic rings. The SMILES string of the molecule is NNCC(O)C1CC1.